The summed E-state index contributed by atoms with van der Waals surface area (Å²) in [6.45, 7) is 1.40. The molecule has 0 aromatic heterocycles. The summed E-state index contributed by atoms with van der Waals surface area (Å²) in [6, 6.07) is 4.93. The highest BCUT2D eigenvalue weighted by Crippen LogP contribution is 2.25. The number of carbonyl (C=O) groups excluding carboxylic acids is 2. The van der Waals surface area contributed by atoms with E-state index in [2.05, 4.69) is 26.6 Å². The molecule has 0 saturated carbocycles. The van der Waals surface area contributed by atoms with Crippen LogP contribution in [0.25, 0.3) is 0 Å². The number of rotatable bonds is 4. The molecule has 0 heterocycles. The van der Waals surface area contributed by atoms with E-state index in [1.165, 1.54) is 6.92 Å². The normalized spacial score (nSPS) is 9.82. The molecule has 1 rings (SSSR count). The number of alkyl halides is 1. The van der Waals surface area contributed by atoms with E-state index in [9.17, 15) is 9.59 Å². The Labute approximate surface area is 113 Å². The van der Waals surface area contributed by atoms with Crippen LogP contribution in [0, 0.1) is 0 Å². The number of benzene rings is 1. The van der Waals surface area contributed by atoms with Crippen LogP contribution in [0.4, 0.5) is 11.4 Å². The summed E-state index contributed by atoms with van der Waals surface area (Å²) in [7, 11) is 0. The monoisotopic (exact) mass is 318 g/mol. The van der Waals surface area contributed by atoms with Crippen LogP contribution in [0.2, 0.25) is 5.02 Å². The van der Waals surface area contributed by atoms with Gasteiger partial charge in [-0.3, -0.25) is 9.59 Å². The van der Waals surface area contributed by atoms with E-state index < -0.39 is 0 Å². The third-order valence-corrected chi connectivity index (χ3v) is 2.59. The number of hydrogen-bond donors (Lipinski definition) is 2. The minimum atomic E-state index is -0.192. The van der Waals surface area contributed by atoms with Gasteiger partial charge in [0.05, 0.1) is 10.7 Å². The van der Waals surface area contributed by atoms with Gasteiger partial charge in [0.25, 0.3) is 0 Å². The lowest BCUT2D eigenvalue weighted by Crippen LogP contribution is -2.12. The predicted molar refractivity (Wildman–Crippen MR) is 72.8 cm³/mol. The molecule has 0 atom stereocenters. The van der Waals surface area contributed by atoms with Gasteiger partial charge in [0.15, 0.2) is 0 Å². The molecule has 4 nitrogen and oxygen atoms in total. The number of hydrogen-bond acceptors (Lipinski definition) is 2. The van der Waals surface area contributed by atoms with E-state index in [-0.39, 0.29) is 11.8 Å². The topological polar surface area (TPSA) is 58.2 Å². The third-order valence-electron chi connectivity index (χ3n) is 1.89. The Morgan fingerprint density at radius 1 is 1.35 bits per heavy atom. The minimum absolute atomic E-state index is 0.0924. The molecule has 6 heteroatoms. The molecule has 0 unspecified atom stereocenters. The van der Waals surface area contributed by atoms with Crippen LogP contribution in [-0.4, -0.2) is 17.1 Å². The Morgan fingerprint density at radius 3 is 2.59 bits per heavy atom. The van der Waals surface area contributed by atoms with Gasteiger partial charge in [-0.05, 0) is 18.2 Å². The van der Waals surface area contributed by atoms with Gasteiger partial charge in [-0.25, -0.2) is 0 Å². The maximum Gasteiger partial charge on any atom is 0.225 e. The lowest BCUT2D eigenvalue weighted by Gasteiger charge is -2.08. The smallest absolute Gasteiger partial charge is 0.225 e. The quantitative estimate of drug-likeness (QED) is 0.838. The van der Waals surface area contributed by atoms with Crippen LogP contribution in [0.15, 0.2) is 18.2 Å². The van der Waals surface area contributed by atoms with Crippen LogP contribution < -0.4 is 10.6 Å². The summed E-state index contributed by atoms with van der Waals surface area (Å²) in [5, 5.41) is 6.28. The van der Waals surface area contributed by atoms with Crippen molar-refractivity contribution in [1.29, 1.82) is 0 Å². The van der Waals surface area contributed by atoms with Crippen molar-refractivity contribution in [2.75, 3.05) is 16.0 Å². The van der Waals surface area contributed by atoms with Gasteiger partial charge >= 0.3 is 0 Å². The number of nitrogens with one attached hydrogen (secondary N) is 2. The highest BCUT2D eigenvalue weighted by atomic mass is 79.9. The zero-order valence-corrected chi connectivity index (χ0v) is 11.6. The molecule has 17 heavy (non-hydrogen) atoms. The molecule has 92 valence electrons. The number of anilines is 2. The van der Waals surface area contributed by atoms with Crippen LogP contribution in [-0.2, 0) is 9.59 Å². The number of halogens is 2. The maximum atomic E-state index is 11.3. The summed E-state index contributed by atoms with van der Waals surface area (Å²) in [4.78, 5) is 22.2. The second-order valence-corrected chi connectivity index (χ2v) is 4.56. The molecule has 0 fully saturated rings. The zero-order valence-electron chi connectivity index (χ0n) is 9.22. The fraction of sp³-hybridized carbons (Fsp3) is 0.273. The molecule has 0 aliphatic rings. The fourth-order valence-electron chi connectivity index (χ4n) is 1.19. The van der Waals surface area contributed by atoms with Gasteiger partial charge in [-0.2, -0.15) is 0 Å². The Kier molecular flexibility index (Phi) is 5.44. The Hall–Kier alpha value is -1.07. The second kappa shape index (κ2) is 6.61. The zero-order chi connectivity index (χ0) is 12.8. The average molecular weight is 320 g/mol. The molecule has 0 bridgehead atoms. The lowest BCUT2D eigenvalue weighted by atomic mass is 10.2. The van der Waals surface area contributed by atoms with Gasteiger partial charge in [0.1, 0.15) is 0 Å². The van der Waals surface area contributed by atoms with Crippen LogP contribution in [0.3, 0.4) is 0 Å². The van der Waals surface area contributed by atoms with Gasteiger partial charge < -0.3 is 10.6 Å². The first kappa shape index (κ1) is 14.0. The maximum absolute atomic E-state index is 11.3. The van der Waals surface area contributed by atoms with Gasteiger partial charge in [0, 0.05) is 24.4 Å². The minimum Gasteiger partial charge on any atom is -0.326 e. The first-order valence-electron chi connectivity index (χ1n) is 4.96. The highest BCUT2D eigenvalue weighted by Gasteiger charge is 2.05. The third kappa shape index (κ3) is 4.75. The molecule has 0 aliphatic carbocycles. The molecule has 2 amide bonds. The van der Waals surface area contributed by atoms with E-state index in [0.717, 1.165) is 0 Å². The molecular formula is C11H12BrClN2O2. The standard InChI is InChI=1S/C11H12BrClN2O2/c1-7(16)14-10-3-2-8(6-9(10)13)15-11(17)4-5-12/h2-3,6H,4-5H2,1H3,(H,14,16)(H,15,17). The van der Waals surface area contributed by atoms with E-state index in [1.807, 2.05) is 0 Å². The first-order valence-corrected chi connectivity index (χ1v) is 6.46. The van der Waals surface area contributed by atoms with Crippen molar-refractivity contribution in [3.05, 3.63) is 23.2 Å². The number of carbonyl (C=O) groups is 2. The largest absolute Gasteiger partial charge is 0.326 e. The van der Waals surface area contributed by atoms with Crippen LogP contribution >= 0.6 is 27.5 Å². The van der Waals surface area contributed by atoms with Crippen LogP contribution in [0.1, 0.15) is 13.3 Å². The molecule has 2 N–H and O–H groups in total. The molecule has 1 aromatic rings. The fourth-order valence-corrected chi connectivity index (χ4v) is 1.78. The number of amides is 2. The summed E-state index contributed by atoms with van der Waals surface area (Å²) in [5.41, 5.74) is 1.13. The van der Waals surface area contributed by atoms with E-state index in [0.29, 0.717) is 28.1 Å². The highest BCUT2D eigenvalue weighted by molar-refractivity contribution is 9.09. The summed E-state index contributed by atoms with van der Waals surface area (Å²) >= 11 is 9.14. The van der Waals surface area contributed by atoms with Crippen molar-refractivity contribution >= 4 is 50.7 Å². The first-order chi connectivity index (χ1) is 8.02. The molecular weight excluding hydrogens is 307 g/mol. The van der Waals surface area contributed by atoms with E-state index in [1.54, 1.807) is 18.2 Å². The lowest BCUT2D eigenvalue weighted by molar-refractivity contribution is -0.116. The molecule has 0 saturated heterocycles. The van der Waals surface area contributed by atoms with Crippen molar-refractivity contribution in [2.24, 2.45) is 0 Å². The summed E-state index contributed by atoms with van der Waals surface area (Å²) < 4.78 is 0. The molecule has 0 spiro atoms. The Bertz CT molecular complexity index is 437. The van der Waals surface area contributed by atoms with E-state index >= 15 is 0 Å². The molecule has 1 aromatic carbocycles. The van der Waals surface area contributed by atoms with Crippen molar-refractivity contribution in [3.8, 4) is 0 Å². The van der Waals surface area contributed by atoms with Gasteiger partial charge in [-0.1, -0.05) is 27.5 Å². The Balaban J connectivity index is 2.74. The predicted octanol–water partition coefficient (Wildman–Crippen LogP) is 3.02. The Morgan fingerprint density at radius 2 is 2.06 bits per heavy atom. The SMILES string of the molecule is CC(=O)Nc1ccc(NC(=O)CCBr)cc1Cl. The molecule has 0 radical (unpaired) electrons. The van der Waals surface area contributed by atoms with Gasteiger partial charge in [0.2, 0.25) is 11.8 Å². The van der Waals surface area contributed by atoms with E-state index in [4.69, 9.17) is 11.6 Å². The van der Waals surface area contributed by atoms with Gasteiger partial charge in [-0.15, -0.1) is 0 Å². The van der Waals surface area contributed by atoms with Crippen molar-refractivity contribution in [2.45, 2.75) is 13.3 Å². The second-order valence-electron chi connectivity index (χ2n) is 3.36. The average Bonchev–Trinajstić information content (AvgIpc) is 2.22. The summed E-state index contributed by atoms with van der Waals surface area (Å²) in [6.07, 6.45) is 0.394. The van der Waals surface area contributed by atoms with Crippen molar-refractivity contribution in [3.63, 3.8) is 0 Å². The van der Waals surface area contributed by atoms with Crippen LogP contribution in [0.5, 0.6) is 0 Å². The van der Waals surface area contributed by atoms with Crippen molar-refractivity contribution in [1.82, 2.24) is 0 Å². The molecule has 0 aliphatic heterocycles. The van der Waals surface area contributed by atoms with Crippen molar-refractivity contribution < 1.29 is 9.59 Å². The summed E-state index contributed by atoms with van der Waals surface area (Å²) in [5.74, 6) is -0.284.